The number of nitrogens with zero attached hydrogens (tertiary/aromatic N) is 3. The van der Waals surface area contributed by atoms with E-state index in [-0.39, 0.29) is 5.69 Å². The van der Waals surface area contributed by atoms with Gasteiger partial charge in [-0.15, -0.1) is 5.10 Å². The van der Waals surface area contributed by atoms with Crippen molar-refractivity contribution >= 4 is 23.6 Å². The molecule has 0 aliphatic carbocycles. The van der Waals surface area contributed by atoms with Crippen molar-refractivity contribution in [3.05, 3.63) is 15.8 Å². The van der Waals surface area contributed by atoms with Gasteiger partial charge >= 0.3 is 17.7 Å². The van der Waals surface area contributed by atoms with E-state index in [0.717, 1.165) is 0 Å². The predicted octanol–water partition coefficient (Wildman–Crippen LogP) is 1.45. The number of ether oxygens (including phenoxy) is 1. The zero-order valence-corrected chi connectivity index (χ0v) is 12.0. The molecule has 10 nitrogen and oxygen atoms in total. The van der Waals surface area contributed by atoms with Crippen LogP contribution in [0.25, 0.3) is 0 Å². The highest BCUT2D eigenvalue weighted by Gasteiger charge is 2.34. The Morgan fingerprint density at radius 2 is 2.05 bits per heavy atom. The second-order valence-corrected chi connectivity index (χ2v) is 5.24. The van der Waals surface area contributed by atoms with E-state index in [1.807, 2.05) is 0 Å². The first kappa shape index (κ1) is 16.4. The minimum Gasteiger partial charge on any atom is -0.480 e. The van der Waals surface area contributed by atoms with Crippen LogP contribution < -0.4 is 4.90 Å². The largest absolute Gasteiger partial charge is 0.480 e. The number of nitro groups is 1. The second kappa shape index (κ2) is 5.77. The number of hydrogen-bond donors (Lipinski definition) is 2. The molecular formula is C11H16N4O6. The van der Waals surface area contributed by atoms with Crippen molar-refractivity contribution in [1.82, 2.24) is 10.2 Å². The van der Waals surface area contributed by atoms with Gasteiger partial charge in [0.1, 0.15) is 17.8 Å². The molecule has 10 heteroatoms. The predicted molar refractivity (Wildman–Crippen MR) is 71.2 cm³/mol. The second-order valence-electron chi connectivity index (χ2n) is 5.24. The van der Waals surface area contributed by atoms with E-state index in [1.54, 1.807) is 20.8 Å². The monoisotopic (exact) mass is 300 g/mol. The van der Waals surface area contributed by atoms with E-state index < -0.39 is 40.6 Å². The number of anilines is 1. The topological polar surface area (TPSA) is 139 Å². The summed E-state index contributed by atoms with van der Waals surface area (Å²) in [5, 5.41) is 25.9. The number of aromatic amines is 1. The molecule has 0 saturated carbocycles. The van der Waals surface area contributed by atoms with Crippen LogP contribution in [0, 0.1) is 17.0 Å². The first-order chi connectivity index (χ1) is 9.53. The van der Waals surface area contributed by atoms with E-state index in [0.29, 0.717) is 4.90 Å². The van der Waals surface area contributed by atoms with Gasteiger partial charge in [-0.1, -0.05) is 0 Å². The summed E-state index contributed by atoms with van der Waals surface area (Å²) in [5.41, 5.74) is -1.25. The Hall–Kier alpha value is -2.65. The number of aliphatic carboxylic acids is 1. The summed E-state index contributed by atoms with van der Waals surface area (Å²) in [5.74, 6) is -1.75. The van der Waals surface area contributed by atoms with E-state index in [1.165, 1.54) is 6.92 Å². The Labute approximate surface area is 119 Å². The molecule has 1 heterocycles. The summed E-state index contributed by atoms with van der Waals surface area (Å²) in [7, 11) is 0. The van der Waals surface area contributed by atoms with Crippen LogP contribution in [0.4, 0.5) is 16.3 Å². The SMILES string of the molecule is Cc1[nH]nc(N(CC(=O)O)C(=O)OC(C)(C)C)c1[N+](=O)[O-]. The van der Waals surface area contributed by atoms with Gasteiger partial charge in [-0.2, -0.15) is 0 Å². The Morgan fingerprint density at radius 3 is 2.48 bits per heavy atom. The summed E-state index contributed by atoms with van der Waals surface area (Å²) in [6.45, 7) is 5.36. The first-order valence-corrected chi connectivity index (χ1v) is 5.94. The smallest absolute Gasteiger partial charge is 0.416 e. The molecule has 0 aliphatic rings. The normalized spacial score (nSPS) is 11.0. The van der Waals surface area contributed by atoms with Gasteiger partial charge in [-0.05, 0) is 27.7 Å². The van der Waals surface area contributed by atoms with Crippen molar-refractivity contribution in [2.24, 2.45) is 0 Å². The highest BCUT2D eigenvalue weighted by molar-refractivity contribution is 5.94. The van der Waals surface area contributed by atoms with Gasteiger partial charge in [-0.3, -0.25) is 20.0 Å². The lowest BCUT2D eigenvalue weighted by Crippen LogP contribution is -2.40. The molecule has 1 amide bonds. The summed E-state index contributed by atoms with van der Waals surface area (Å²) in [4.78, 5) is 33.8. The number of aromatic nitrogens is 2. The van der Waals surface area contributed by atoms with Gasteiger partial charge < -0.3 is 9.84 Å². The number of carbonyl (C=O) groups is 2. The standard InChI is InChI=1S/C11H16N4O6/c1-6-8(15(19)20)9(13-12-6)14(5-7(16)17)10(18)21-11(2,3)4/h5H2,1-4H3,(H,12,13)(H,16,17). The molecule has 0 atom stereocenters. The Bertz CT molecular complexity index is 574. The zero-order chi connectivity index (χ0) is 16.4. The molecule has 1 rings (SSSR count). The van der Waals surface area contributed by atoms with Gasteiger partial charge in [0, 0.05) is 0 Å². The molecule has 0 saturated heterocycles. The average molecular weight is 300 g/mol. The summed E-state index contributed by atoms with van der Waals surface area (Å²) >= 11 is 0. The number of carboxylic acid groups (broad SMARTS) is 1. The molecule has 1 aromatic rings. The fourth-order valence-electron chi connectivity index (χ4n) is 1.50. The van der Waals surface area contributed by atoms with E-state index in [9.17, 15) is 19.7 Å². The van der Waals surface area contributed by atoms with Crippen LogP contribution in [0.1, 0.15) is 26.5 Å². The molecule has 0 aliphatic heterocycles. The Morgan fingerprint density at radius 1 is 1.48 bits per heavy atom. The van der Waals surface area contributed by atoms with Crippen molar-refractivity contribution in [2.45, 2.75) is 33.3 Å². The molecule has 21 heavy (non-hydrogen) atoms. The Kier molecular flexibility index (Phi) is 4.51. The van der Waals surface area contributed by atoms with Gasteiger partial charge in [-0.25, -0.2) is 9.69 Å². The highest BCUT2D eigenvalue weighted by atomic mass is 16.6. The number of aryl methyl sites for hydroxylation is 1. The molecule has 0 spiro atoms. The third-order valence-electron chi connectivity index (χ3n) is 2.24. The fourth-order valence-corrected chi connectivity index (χ4v) is 1.50. The summed E-state index contributed by atoms with van der Waals surface area (Å²) < 4.78 is 5.05. The lowest BCUT2D eigenvalue weighted by Gasteiger charge is -2.24. The number of carboxylic acids is 1. The van der Waals surface area contributed by atoms with Crippen molar-refractivity contribution < 1.29 is 24.4 Å². The molecule has 0 radical (unpaired) electrons. The third kappa shape index (κ3) is 4.16. The summed E-state index contributed by atoms with van der Waals surface area (Å²) in [6.07, 6.45) is -1.03. The number of hydrogen-bond acceptors (Lipinski definition) is 6. The van der Waals surface area contributed by atoms with Crippen molar-refractivity contribution in [2.75, 3.05) is 11.4 Å². The van der Waals surface area contributed by atoms with Gasteiger partial charge in [0.25, 0.3) is 0 Å². The number of amides is 1. The molecular weight excluding hydrogens is 284 g/mol. The zero-order valence-electron chi connectivity index (χ0n) is 12.0. The average Bonchev–Trinajstić information content (AvgIpc) is 2.65. The van der Waals surface area contributed by atoms with Crippen LogP contribution in [-0.4, -0.2) is 44.4 Å². The van der Waals surface area contributed by atoms with Gasteiger partial charge in [0.15, 0.2) is 0 Å². The number of carbonyl (C=O) groups excluding carboxylic acids is 1. The van der Waals surface area contributed by atoms with Gasteiger partial charge in [0.05, 0.1) is 4.92 Å². The molecule has 2 N–H and O–H groups in total. The van der Waals surface area contributed by atoms with Crippen molar-refractivity contribution in [1.29, 1.82) is 0 Å². The maximum absolute atomic E-state index is 12.0. The molecule has 0 aromatic carbocycles. The van der Waals surface area contributed by atoms with E-state index in [4.69, 9.17) is 9.84 Å². The Balaban J connectivity index is 3.23. The van der Waals surface area contributed by atoms with Crippen LogP contribution in [0.2, 0.25) is 0 Å². The van der Waals surface area contributed by atoms with Gasteiger partial charge in [0.2, 0.25) is 5.82 Å². The first-order valence-electron chi connectivity index (χ1n) is 5.94. The maximum Gasteiger partial charge on any atom is 0.416 e. The van der Waals surface area contributed by atoms with Crippen molar-refractivity contribution in [3.63, 3.8) is 0 Å². The lowest BCUT2D eigenvalue weighted by atomic mass is 10.2. The van der Waals surface area contributed by atoms with Crippen LogP contribution >= 0.6 is 0 Å². The van der Waals surface area contributed by atoms with Crippen LogP contribution in [-0.2, 0) is 9.53 Å². The number of H-pyrrole nitrogens is 1. The third-order valence-corrected chi connectivity index (χ3v) is 2.24. The lowest BCUT2D eigenvalue weighted by molar-refractivity contribution is -0.384. The quantitative estimate of drug-likeness (QED) is 0.633. The molecule has 116 valence electrons. The number of nitrogens with one attached hydrogen (secondary N) is 1. The van der Waals surface area contributed by atoms with Crippen LogP contribution in [0.5, 0.6) is 0 Å². The minimum absolute atomic E-state index is 0.106. The van der Waals surface area contributed by atoms with E-state index in [2.05, 4.69) is 10.2 Å². The molecule has 0 unspecified atom stereocenters. The highest BCUT2D eigenvalue weighted by Crippen LogP contribution is 2.29. The number of rotatable bonds is 4. The molecule has 1 aromatic heterocycles. The summed E-state index contributed by atoms with van der Waals surface area (Å²) in [6, 6.07) is 0. The fraction of sp³-hybridized carbons (Fsp3) is 0.545. The minimum atomic E-state index is -1.35. The van der Waals surface area contributed by atoms with Crippen LogP contribution in [0.15, 0.2) is 0 Å². The maximum atomic E-state index is 12.0. The molecule has 0 bridgehead atoms. The van der Waals surface area contributed by atoms with Crippen molar-refractivity contribution in [3.8, 4) is 0 Å². The van der Waals surface area contributed by atoms with E-state index >= 15 is 0 Å². The molecule has 0 fully saturated rings. The van der Waals surface area contributed by atoms with Crippen LogP contribution in [0.3, 0.4) is 0 Å².